The fraction of sp³-hybridized carbons (Fsp3) is 0.250. The van der Waals surface area contributed by atoms with Crippen molar-refractivity contribution >= 4 is 23.4 Å². The molecule has 1 amide bonds. The van der Waals surface area contributed by atoms with Crippen LogP contribution in [0.5, 0.6) is 0 Å². The molecular formula is C24H25N9O. The summed E-state index contributed by atoms with van der Waals surface area (Å²) in [7, 11) is 0. The number of carbonyl (C=O) groups is 1. The quantitative estimate of drug-likeness (QED) is 0.490. The molecule has 34 heavy (non-hydrogen) atoms. The van der Waals surface area contributed by atoms with Gasteiger partial charge < -0.3 is 15.1 Å². The lowest BCUT2D eigenvalue weighted by Gasteiger charge is -2.40. The third-order valence-electron chi connectivity index (χ3n) is 5.84. The number of imidazole rings is 1. The van der Waals surface area contributed by atoms with Crippen molar-refractivity contribution in [2.45, 2.75) is 19.9 Å². The number of nitrogens with one attached hydrogen (secondary N) is 1. The van der Waals surface area contributed by atoms with Gasteiger partial charge in [0.15, 0.2) is 0 Å². The largest absolute Gasteiger partial charge is 0.353 e. The van der Waals surface area contributed by atoms with Crippen LogP contribution in [0.1, 0.15) is 23.1 Å². The molecule has 4 aromatic rings. The van der Waals surface area contributed by atoms with Crippen LogP contribution in [0, 0.1) is 6.92 Å². The van der Waals surface area contributed by atoms with E-state index in [1.54, 1.807) is 36.9 Å². The number of nitrogens with zero attached hydrogens (tertiary/aromatic N) is 8. The van der Waals surface area contributed by atoms with Crippen molar-refractivity contribution in [2.24, 2.45) is 0 Å². The summed E-state index contributed by atoms with van der Waals surface area (Å²) in [6, 6.07) is 9.69. The number of aryl methyl sites for hydroxylation is 1. The number of hydrogen-bond acceptors (Lipinski definition) is 8. The molecule has 0 aromatic carbocycles. The first-order valence-corrected chi connectivity index (χ1v) is 11.1. The first kappa shape index (κ1) is 21.5. The third-order valence-corrected chi connectivity index (χ3v) is 5.84. The van der Waals surface area contributed by atoms with Gasteiger partial charge in [-0.3, -0.25) is 9.36 Å². The van der Waals surface area contributed by atoms with E-state index in [-0.39, 0.29) is 11.9 Å². The lowest BCUT2D eigenvalue weighted by Crippen LogP contribution is -2.53. The van der Waals surface area contributed by atoms with Gasteiger partial charge in [0, 0.05) is 50.5 Å². The molecule has 0 radical (unpaired) electrons. The van der Waals surface area contributed by atoms with Gasteiger partial charge in [0.25, 0.3) is 5.91 Å². The van der Waals surface area contributed by atoms with Gasteiger partial charge in [0.05, 0.1) is 23.6 Å². The van der Waals surface area contributed by atoms with E-state index in [0.717, 1.165) is 31.3 Å². The number of aromatic nitrogens is 6. The van der Waals surface area contributed by atoms with E-state index < -0.39 is 0 Å². The number of pyridine rings is 2. The van der Waals surface area contributed by atoms with Crippen molar-refractivity contribution in [3.8, 4) is 5.82 Å². The Bertz CT molecular complexity index is 1260. The van der Waals surface area contributed by atoms with Crippen LogP contribution in [0.15, 0.2) is 67.5 Å². The molecule has 1 atom stereocenters. The maximum absolute atomic E-state index is 12.6. The second-order valence-corrected chi connectivity index (χ2v) is 8.15. The Balaban J connectivity index is 1.21. The van der Waals surface area contributed by atoms with Crippen LogP contribution in [-0.2, 0) is 0 Å². The van der Waals surface area contributed by atoms with Crippen LogP contribution in [0.3, 0.4) is 0 Å². The monoisotopic (exact) mass is 455 g/mol. The highest BCUT2D eigenvalue weighted by molar-refractivity contribution is 6.03. The summed E-state index contributed by atoms with van der Waals surface area (Å²) >= 11 is 0. The minimum Gasteiger partial charge on any atom is -0.353 e. The number of carbonyl (C=O) groups excluding carboxylic acids is 1. The maximum Gasteiger partial charge on any atom is 0.257 e. The lowest BCUT2D eigenvalue weighted by molar-refractivity contribution is 0.102. The van der Waals surface area contributed by atoms with Crippen molar-refractivity contribution in [2.75, 3.05) is 34.8 Å². The van der Waals surface area contributed by atoms with Crippen molar-refractivity contribution in [1.29, 1.82) is 0 Å². The molecule has 0 bridgehead atoms. The second kappa shape index (κ2) is 9.26. The molecule has 10 nitrogen and oxygen atoms in total. The average Bonchev–Trinajstić information content (AvgIpc) is 3.31. The standard InChI is InChI=1S/C24H25N9O/c1-17-16-31(21-5-3-4-8-26-21)11-12-32(17)24-28-14-20(15-29-24)30-23(34)19-6-7-22(27-13-19)33-10-9-25-18(33)2/h3-10,13-15,17H,11-12,16H2,1-2H3,(H,30,34)/t17-/m0/s1. The van der Waals surface area contributed by atoms with Gasteiger partial charge in [0.2, 0.25) is 5.95 Å². The molecule has 0 unspecified atom stereocenters. The van der Waals surface area contributed by atoms with Crippen molar-refractivity contribution in [3.63, 3.8) is 0 Å². The molecule has 0 spiro atoms. The average molecular weight is 456 g/mol. The van der Waals surface area contributed by atoms with E-state index in [2.05, 4.69) is 47.0 Å². The Morgan fingerprint density at radius 3 is 2.44 bits per heavy atom. The number of amides is 1. The first-order valence-electron chi connectivity index (χ1n) is 11.1. The molecule has 1 fully saturated rings. The highest BCUT2D eigenvalue weighted by Gasteiger charge is 2.26. The minimum atomic E-state index is -0.268. The normalized spacial score (nSPS) is 15.9. The van der Waals surface area contributed by atoms with Crippen LogP contribution in [0.4, 0.5) is 17.5 Å². The number of piperazine rings is 1. The van der Waals surface area contributed by atoms with Gasteiger partial charge in [-0.1, -0.05) is 6.07 Å². The van der Waals surface area contributed by atoms with E-state index >= 15 is 0 Å². The molecule has 10 heteroatoms. The van der Waals surface area contributed by atoms with Gasteiger partial charge in [-0.25, -0.2) is 24.9 Å². The molecule has 1 aliphatic rings. The predicted octanol–water partition coefficient (Wildman–Crippen LogP) is 2.73. The fourth-order valence-corrected chi connectivity index (χ4v) is 4.02. The van der Waals surface area contributed by atoms with E-state index in [1.165, 1.54) is 0 Å². The van der Waals surface area contributed by atoms with Gasteiger partial charge in [0.1, 0.15) is 17.5 Å². The van der Waals surface area contributed by atoms with Gasteiger partial charge in [-0.05, 0) is 38.1 Å². The van der Waals surface area contributed by atoms with Crippen LogP contribution in [0.25, 0.3) is 5.82 Å². The van der Waals surface area contributed by atoms with Crippen molar-refractivity contribution in [1.82, 2.24) is 29.5 Å². The summed E-state index contributed by atoms with van der Waals surface area (Å²) in [6.07, 6.45) is 10.2. The SMILES string of the molecule is Cc1nccn1-c1ccc(C(=O)Nc2cnc(N3CCN(c4ccccn4)C[C@@H]3C)nc2)cn1. The van der Waals surface area contributed by atoms with E-state index in [1.807, 2.05) is 42.1 Å². The molecule has 1 saturated heterocycles. The first-order chi connectivity index (χ1) is 16.6. The molecule has 4 aromatic heterocycles. The summed E-state index contributed by atoms with van der Waals surface area (Å²) in [4.78, 5) is 39.1. The number of anilines is 3. The molecule has 1 N–H and O–H groups in total. The van der Waals surface area contributed by atoms with E-state index in [4.69, 9.17) is 0 Å². The van der Waals surface area contributed by atoms with Crippen molar-refractivity contribution in [3.05, 3.63) is 78.9 Å². The Labute approximate surface area is 197 Å². The Hall–Kier alpha value is -4.34. The summed E-state index contributed by atoms with van der Waals surface area (Å²) in [5.41, 5.74) is 0.980. The highest BCUT2D eigenvalue weighted by Crippen LogP contribution is 2.21. The molecule has 0 saturated carbocycles. The summed E-state index contributed by atoms with van der Waals surface area (Å²) in [5, 5.41) is 2.84. The predicted molar refractivity (Wildman–Crippen MR) is 129 cm³/mol. The Morgan fingerprint density at radius 2 is 1.79 bits per heavy atom. The third kappa shape index (κ3) is 4.42. The molecule has 0 aliphatic carbocycles. The molecule has 5 rings (SSSR count). The van der Waals surface area contributed by atoms with Gasteiger partial charge >= 0.3 is 0 Å². The smallest absolute Gasteiger partial charge is 0.257 e. The number of rotatable bonds is 5. The molecule has 1 aliphatic heterocycles. The van der Waals surface area contributed by atoms with Crippen molar-refractivity contribution < 1.29 is 4.79 Å². The fourth-order valence-electron chi connectivity index (χ4n) is 4.02. The highest BCUT2D eigenvalue weighted by atomic mass is 16.1. The maximum atomic E-state index is 12.6. The lowest BCUT2D eigenvalue weighted by atomic mass is 10.2. The van der Waals surface area contributed by atoms with Gasteiger partial charge in [-0.15, -0.1) is 0 Å². The Kier molecular flexibility index (Phi) is 5.86. The molecule has 5 heterocycles. The topological polar surface area (TPSA) is 105 Å². The van der Waals surface area contributed by atoms with Crippen LogP contribution >= 0.6 is 0 Å². The number of hydrogen-bond donors (Lipinski definition) is 1. The van der Waals surface area contributed by atoms with Crippen LogP contribution in [-0.4, -0.2) is 61.1 Å². The zero-order chi connectivity index (χ0) is 23.5. The summed E-state index contributed by atoms with van der Waals surface area (Å²) in [5.74, 6) is 2.89. The minimum absolute atomic E-state index is 0.222. The summed E-state index contributed by atoms with van der Waals surface area (Å²) < 4.78 is 1.85. The molecular weight excluding hydrogens is 430 g/mol. The van der Waals surface area contributed by atoms with Gasteiger partial charge in [-0.2, -0.15) is 0 Å². The summed E-state index contributed by atoms with van der Waals surface area (Å²) in [6.45, 7) is 6.51. The van der Waals surface area contributed by atoms with E-state index in [9.17, 15) is 4.79 Å². The second-order valence-electron chi connectivity index (χ2n) is 8.15. The van der Waals surface area contributed by atoms with E-state index in [0.29, 0.717) is 23.0 Å². The van der Waals surface area contributed by atoms with Crippen LogP contribution < -0.4 is 15.1 Å². The van der Waals surface area contributed by atoms with Crippen LogP contribution in [0.2, 0.25) is 0 Å². The Morgan fingerprint density at radius 1 is 0.941 bits per heavy atom. The zero-order valence-electron chi connectivity index (χ0n) is 19.0. The zero-order valence-corrected chi connectivity index (χ0v) is 19.0. The molecule has 172 valence electrons.